The summed E-state index contributed by atoms with van der Waals surface area (Å²) in [6.45, 7) is -1.70. The molecule has 0 N–H and O–H groups in total. The van der Waals surface area contributed by atoms with Crippen molar-refractivity contribution >= 4 is 5.78 Å². The van der Waals surface area contributed by atoms with E-state index in [0.717, 1.165) is 12.1 Å². The molecule has 1 unspecified atom stereocenters. The number of Topliss-reactive ketones (excluding diaryl/α,β-unsaturated/α-hetero) is 1. The predicted octanol–water partition coefficient (Wildman–Crippen LogP) is 1.09. The average Bonchev–Trinajstić information content (AvgIpc) is 2.28. The minimum absolute atomic E-state index is 0.284. The van der Waals surface area contributed by atoms with Gasteiger partial charge in [0.05, 0.1) is 4.92 Å². The van der Waals surface area contributed by atoms with Crippen LogP contribution in [0.4, 0.5) is 4.39 Å². The van der Waals surface area contributed by atoms with Crippen LogP contribution < -0.4 is 0 Å². The summed E-state index contributed by atoms with van der Waals surface area (Å²) in [5, 5.41) is 20.6. The van der Waals surface area contributed by atoms with Crippen molar-refractivity contribution in [1.82, 2.24) is 0 Å². The highest BCUT2D eigenvalue weighted by atomic mass is 19.1. The van der Waals surface area contributed by atoms with Crippen molar-refractivity contribution in [1.29, 1.82) is 0 Å². The number of halogens is 1. The van der Waals surface area contributed by atoms with Gasteiger partial charge in [-0.1, -0.05) is 30.3 Å². The minimum Gasteiger partial charge on any atom is -0.282 e. The Balaban J connectivity index is 3.12. The van der Waals surface area contributed by atoms with Gasteiger partial charge in [-0.05, 0) is 0 Å². The average molecular weight is 242 g/mol. The molecule has 1 atom stereocenters. The second-order valence-electron chi connectivity index (χ2n) is 3.20. The number of alkyl halides is 1. The smallest absolute Gasteiger partial charge is 0.282 e. The van der Waals surface area contributed by atoms with Gasteiger partial charge in [0.2, 0.25) is 0 Å². The van der Waals surface area contributed by atoms with Crippen molar-refractivity contribution in [3.63, 3.8) is 0 Å². The molecule has 0 aliphatic carbocycles. The van der Waals surface area contributed by atoms with Gasteiger partial charge in [-0.15, -0.1) is 0 Å². The molecule has 0 aliphatic rings. The summed E-state index contributed by atoms with van der Waals surface area (Å²) in [5.41, 5.74) is -0.284. The molecule has 0 saturated heterocycles. The van der Waals surface area contributed by atoms with Crippen molar-refractivity contribution in [2.75, 3.05) is 6.54 Å². The Morgan fingerprint density at radius 2 is 1.76 bits per heavy atom. The topological polar surface area (TPSA) is 103 Å². The number of carbonyl (C=O) groups is 1. The van der Waals surface area contributed by atoms with Crippen LogP contribution in [0.2, 0.25) is 0 Å². The number of nitrogens with zero attached hydrogens (tertiary/aromatic N) is 2. The van der Waals surface area contributed by atoms with E-state index in [4.69, 9.17) is 0 Å². The first-order valence-corrected chi connectivity index (χ1v) is 4.43. The molecule has 0 bridgehead atoms. The Kier molecular flexibility index (Phi) is 3.46. The van der Waals surface area contributed by atoms with Crippen LogP contribution in [0.25, 0.3) is 0 Å². The van der Waals surface area contributed by atoms with Crippen LogP contribution in [0.15, 0.2) is 30.3 Å². The largest absolute Gasteiger partial charge is 0.484 e. The van der Waals surface area contributed by atoms with Crippen LogP contribution in [0, 0.1) is 20.2 Å². The van der Waals surface area contributed by atoms with Crippen molar-refractivity contribution in [3.8, 4) is 0 Å². The highest BCUT2D eigenvalue weighted by molar-refractivity contribution is 6.01. The maximum Gasteiger partial charge on any atom is 0.484 e. The van der Waals surface area contributed by atoms with Gasteiger partial charge in [-0.2, -0.15) is 4.39 Å². The quantitative estimate of drug-likeness (QED) is 0.332. The van der Waals surface area contributed by atoms with Crippen LogP contribution in [0.5, 0.6) is 0 Å². The van der Waals surface area contributed by atoms with E-state index in [-0.39, 0.29) is 5.56 Å². The number of nitro groups is 2. The number of rotatable bonds is 5. The van der Waals surface area contributed by atoms with Gasteiger partial charge in [-0.25, -0.2) is 0 Å². The molecule has 7 nitrogen and oxygen atoms in total. The fourth-order valence-electron chi connectivity index (χ4n) is 1.19. The normalized spacial score (nSPS) is 13.7. The minimum atomic E-state index is -3.73. The third-order valence-corrected chi connectivity index (χ3v) is 2.01. The fraction of sp³-hybridized carbons (Fsp3) is 0.222. The van der Waals surface area contributed by atoms with Crippen molar-refractivity contribution < 1.29 is 19.0 Å². The van der Waals surface area contributed by atoms with Gasteiger partial charge in [0.25, 0.3) is 5.78 Å². The Bertz CT molecular complexity index is 464. The lowest BCUT2D eigenvalue weighted by Crippen LogP contribution is -2.48. The molecule has 0 saturated carbocycles. The third kappa shape index (κ3) is 2.60. The summed E-state index contributed by atoms with van der Waals surface area (Å²) < 4.78 is 13.8. The summed E-state index contributed by atoms with van der Waals surface area (Å²) in [4.78, 5) is 29.4. The van der Waals surface area contributed by atoms with Gasteiger partial charge < -0.3 is 0 Å². The van der Waals surface area contributed by atoms with E-state index in [2.05, 4.69) is 0 Å². The lowest BCUT2D eigenvalue weighted by molar-refractivity contribution is -0.637. The molecule has 1 aromatic rings. The molecule has 0 aliphatic heterocycles. The second-order valence-corrected chi connectivity index (χ2v) is 3.20. The molecule has 0 spiro atoms. The molecular formula is C9H7FN2O5. The van der Waals surface area contributed by atoms with Crippen LogP contribution in [-0.2, 0) is 0 Å². The molecule has 0 radical (unpaired) electrons. The molecule has 17 heavy (non-hydrogen) atoms. The number of carbonyl (C=O) groups excluding carboxylic acids is 1. The number of ketones is 1. The molecule has 0 amide bonds. The zero-order valence-electron chi connectivity index (χ0n) is 8.41. The van der Waals surface area contributed by atoms with E-state index >= 15 is 0 Å². The van der Waals surface area contributed by atoms with E-state index in [1.165, 1.54) is 18.2 Å². The molecule has 1 aromatic carbocycles. The Labute approximate surface area is 94.2 Å². The first-order valence-electron chi connectivity index (χ1n) is 4.43. The SMILES string of the molecule is O=C(c1ccccc1)C(F)(C[N+](=O)[O-])[N+](=O)[O-]. The Morgan fingerprint density at radius 1 is 1.24 bits per heavy atom. The lowest BCUT2D eigenvalue weighted by atomic mass is 10.0. The Morgan fingerprint density at radius 3 is 2.18 bits per heavy atom. The summed E-state index contributed by atoms with van der Waals surface area (Å²) in [6, 6.07) is 6.58. The number of hydrogen-bond donors (Lipinski definition) is 0. The summed E-state index contributed by atoms with van der Waals surface area (Å²) in [7, 11) is 0. The summed E-state index contributed by atoms with van der Waals surface area (Å²) in [6.07, 6.45) is 0. The van der Waals surface area contributed by atoms with Gasteiger partial charge in [0, 0.05) is 10.5 Å². The standard InChI is InChI=1S/C9H7FN2O5/c10-9(12(16)17,6-11(14)15)8(13)7-4-2-1-3-5-7/h1-5H,6H2. The molecule has 0 aromatic heterocycles. The zero-order valence-corrected chi connectivity index (χ0v) is 8.41. The van der Waals surface area contributed by atoms with Crippen molar-refractivity contribution in [2.45, 2.75) is 5.79 Å². The number of benzene rings is 1. The highest BCUT2D eigenvalue weighted by Crippen LogP contribution is 2.19. The van der Waals surface area contributed by atoms with E-state index in [1.54, 1.807) is 0 Å². The molecule has 0 heterocycles. The third-order valence-electron chi connectivity index (χ3n) is 2.01. The van der Waals surface area contributed by atoms with Gasteiger partial charge in [0.15, 0.2) is 0 Å². The van der Waals surface area contributed by atoms with E-state index in [9.17, 15) is 29.4 Å². The van der Waals surface area contributed by atoms with Crippen LogP contribution in [-0.4, -0.2) is 28.0 Å². The fourth-order valence-corrected chi connectivity index (χ4v) is 1.19. The van der Waals surface area contributed by atoms with Gasteiger partial charge >= 0.3 is 12.3 Å². The first-order chi connectivity index (χ1) is 7.88. The molecule has 0 fully saturated rings. The van der Waals surface area contributed by atoms with Crippen LogP contribution in [0.1, 0.15) is 10.4 Å². The van der Waals surface area contributed by atoms with Crippen molar-refractivity contribution in [3.05, 3.63) is 56.1 Å². The maximum atomic E-state index is 13.8. The molecule has 1 rings (SSSR count). The highest BCUT2D eigenvalue weighted by Gasteiger charge is 2.57. The van der Waals surface area contributed by atoms with E-state index < -0.39 is 28.0 Å². The monoisotopic (exact) mass is 242 g/mol. The zero-order chi connectivity index (χ0) is 13.1. The summed E-state index contributed by atoms with van der Waals surface area (Å²) in [5.74, 6) is -5.26. The second kappa shape index (κ2) is 4.64. The molecular weight excluding hydrogens is 235 g/mol. The molecule has 8 heteroatoms. The molecule has 90 valence electrons. The number of hydrogen-bond acceptors (Lipinski definition) is 5. The van der Waals surface area contributed by atoms with E-state index in [0.29, 0.717) is 0 Å². The van der Waals surface area contributed by atoms with E-state index in [1.807, 2.05) is 0 Å². The summed E-state index contributed by atoms with van der Waals surface area (Å²) >= 11 is 0. The van der Waals surface area contributed by atoms with Gasteiger partial charge in [0.1, 0.15) is 0 Å². The predicted molar refractivity (Wildman–Crippen MR) is 53.5 cm³/mol. The lowest BCUT2D eigenvalue weighted by Gasteiger charge is -2.10. The maximum absolute atomic E-state index is 13.8. The van der Waals surface area contributed by atoms with Crippen molar-refractivity contribution in [2.24, 2.45) is 0 Å². The first kappa shape index (κ1) is 12.7. The Hall–Kier alpha value is -2.38. The van der Waals surface area contributed by atoms with Gasteiger partial charge in [-0.3, -0.25) is 25.0 Å². The van der Waals surface area contributed by atoms with Crippen LogP contribution in [0.3, 0.4) is 0 Å². The van der Waals surface area contributed by atoms with Crippen LogP contribution >= 0.6 is 0 Å².